The fraction of sp³-hybridized carbons (Fsp3) is 0.200. The number of carbonyl (C=O) groups is 1. The molecule has 0 amide bonds. The van der Waals surface area contributed by atoms with E-state index in [0.29, 0.717) is 30.3 Å². The van der Waals surface area contributed by atoms with Crippen LogP contribution in [0.25, 0.3) is 11.0 Å². The number of carboxylic acids is 1. The molecule has 0 fully saturated rings. The number of nitrogens with zero attached hydrogens (tertiary/aromatic N) is 2. The minimum absolute atomic E-state index is 0.0593. The summed E-state index contributed by atoms with van der Waals surface area (Å²) in [6.07, 6.45) is 0. The first kappa shape index (κ1) is 23.3. The number of benzene rings is 3. The van der Waals surface area contributed by atoms with E-state index in [1.54, 1.807) is 42.5 Å². The molecule has 0 bridgehead atoms. The number of methoxy groups -OCH3 is 1. The van der Waals surface area contributed by atoms with Crippen molar-refractivity contribution in [2.24, 2.45) is 14.1 Å². The predicted molar refractivity (Wildman–Crippen MR) is 131 cm³/mol. The lowest BCUT2D eigenvalue weighted by atomic mass is 10.1. The number of anilines is 1. The maximum Gasteiger partial charge on any atom is 0.337 e. The van der Waals surface area contributed by atoms with E-state index < -0.39 is 5.97 Å². The van der Waals surface area contributed by atoms with Crippen molar-refractivity contribution in [3.05, 3.63) is 86.8 Å². The summed E-state index contributed by atoms with van der Waals surface area (Å²) in [5, 5.41) is 12.5. The number of halogens is 1. The summed E-state index contributed by atoms with van der Waals surface area (Å²) in [5.74, 6) is 0.124. The molecule has 0 spiro atoms. The Balaban J connectivity index is 1.44. The molecular weight excluding hydrogens is 458 g/mol. The van der Waals surface area contributed by atoms with Crippen LogP contribution in [0.2, 0.25) is 5.02 Å². The van der Waals surface area contributed by atoms with Gasteiger partial charge in [-0.3, -0.25) is 9.13 Å². The molecule has 4 aromatic rings. The molecule has 0 radical (unpaired) electrons. The summed E-state index contributed by atoms with van der Waals surface area (Å²) in [6.45, 7) is 0.805. The lowest BCUT2D eigenvalue weighted by Crippen LogP contribution is -2.19. The summed E-state index contributed by atoms with van der Waals surface area (Å²) in [5.41, 5.74) is 4.29. The zero-order chi connectivity index (χ0) is 24.4. The van der Waals surface area contributed by atoms with E-state index in [-0.39, 0.29) is 16.3 Å². The third kappa shape index (κ3) is 4.58. The lowest BCUT2D eigenvalue weighted by Gasteiger charge is -2.13. The number of aromatic carboxylic acids is 1. The van der Waals surface area contributed by atoms with Crippen molar-refractivity contribution in [1.29, 1.82) is 0 Å². The van der Waals surface area contributed by atoms with Crippen LogP contribution < -0.4 is 20.5 Å². The molecule has 0 aliphatic heterocycles. The molecule has 2 N–H and O–H groups in total. The van der Waals surface area contributed by atoms with Crippen LogP contribution in [0, 0.1) is 0 Å². The standard InChI is InChI=1S/C25H24ClN3O5/c1-28-20-8-4-16(10-21(20)29(2)25(28)32)14-34-22-9-5-15(11-23(22)33-3)13-27-17-6-7-18(24(30)31)19(26)12-17/h4-12,27H,13-14H2,1-3H3,(H,30,31). The zero-order valence-corrected chi connectivity index (χ0v) is 19.7. The molecule has 3 aromatic carbocycles. The molecule has 1 aromatic heterocycles. The van der Waals surface area contributed by atoms with Crippen LogP contribution in [-0.4, -0.2) is 27.3 Å². The number of carboxylic acid groups (broad SMARTS) is 1. The average Bonchev–Trinajstić information content (AvgIpc) is 3.04. The van der Waals surface area contributed by atoms with Crippen molar-refractivity contribution in [1.82, 2.24) is 9.13 Å². The summed E-state index contributed by atoms with van der Waals surface area (Å²) in [6, 6.07) is 16.2. The van der Waals surface area contributed by atoms with E-state index in [9.17, 15) is 9.59 Å². The van der Waals surface area contributed by atoms with Crippen molar-refractivity contribution >= 4 is 34.3 Å². The van der Waals surface area contributed by atoms with E-state index in [1.165, 1.54) is 6.07 Å². The van der Waals surface area contributed by atoms with Gasteiger partial charge in [-0.15, -0.1) is 0 Å². The van der Waals surface area contributed by atoms with Crippen LogP contribution in [0.4, 0.5) is 5.69 Å². The Labute approximate surface area is 200 Å². The quantitative estimate of drug-likeness (QED) is 0.386. The molecular formula is C25H24ClN3O5. The number of imidazole rings is 1. The van der Waals surface area contributed by atoms with Gasteiger partial charge in [0.1, 0.15) is 6.61 Å². The highest BCUT2D eigenvalue weighted by atomic mass is 35.5. The Hall–Kier alpha value is -3.91. The zero-order valence-electron chi connectivity index (χ0n) is 19.0. The Morgan fingerprint density at radius 2 is 1.71 bits per heavy atom. The number of aromatic nitrogens is 2. The van der Waals surface area contributed by atoms with Crippen molar-refractivity contribution in [2.45, 2.75) is 13.2 Å². The van der Waals surface area contributed by atoms with Gasteiger partial charge >= 0.3 is 11.7 Å². The van der Waals surface area contributed by atoms with Gasteiger partial charge in [-0.1, -0.05) is 23.7 Å². The number of hydrogen-bond donors (Lipinski definition) is 2. The second-order valence-electron chi connectivity index (χ2n) is 7.85. The van der Waals surface area contributed by atoms with Gasteiger partial charge in [-0.2, -0.15) is 0 Å². The van der Waals surface area contributed by atoms with Crippen molar-refractivity contribution in [3.63, 3.8) is 0 Å². The summed E-state index contributed by atoms with van der Waals surface area (Å²) in [4.78, 5) is 23.2. The normalized spacial score (nSPS) is 10.9. The van der Waals surface area contributed by atoms with Crippen LogP contribution >= 0.6 is 11.6 Å². The van der Waals surface area contributed by atoms with Gasteiger partial charge in [0.25, 0.3) is 0 Å². The fourth-order valence-electron chi connectivity index (χ4n) is 3.75. The molecule has 0 aliphatic carbocycles. The Morgan fingerprint density at radius 1 is 0.971 bits per heavy atom. The number of aryl methyl sites for hydroxylation is 2. The third-order valence-corrected chi connectivity index (χ3v) is 5.97. The number of fused-ring (bicyclic) bond motifs is 1. The Morgan fingerprint density at radius 3 is 2.41 bits per heavy atom. The Kier molecular flexibility index (Phi) is 6.51. The number of ether oxygens (including phenoxy) is 2. The molecule has 0 unspecified atom stereocenters. The predicted octanol–water partition coefficient (Wildman–Crippen LogP) is 4.43. The molecule has 9 heteroatoms. The molecule has 0 aliphatic rings. The van der Waals surface area contributed by atoms with E-state index in [2.05, 4.69) is 5.32 Å². The molecule has 0 saturated heterocycles. The van der Waals surface area contributed by atoms with Crippen molar-refractivity contribution < 1.29 is 19.4 Å². The first-order valence-electron chi connectivity index (χ1n) is 10.5. The molecule has 4 rings (SSSR count). The first-order chi connectivity index (χ1) is 16.3. The maximum absolute atomic E-state index is 12.1. The van der Waals surface area contributed by atoms with E-state index in [4.69, 9.17) is 26.2 Å². The van der Waals surface area contributed by atoms with Gasteiger partial charge in [0, 0.05) is 26.3 Å². The smallest absolute Gasteiger partial charge is 0.337 e. The van der Waals surface area contributed by atoms with Gasteiger partial charge in [0.2, 0.25) is 0 Å². The number of nitrogens with one attached hydrogen (secondary N) is 1. The second kappa shape index (κ2) is 9.52. The largest absolute Gasteiger partial charge is 0.493 e. The minimum Gasteiger partial charge on any atom is -0.493 e. The van der Waals surface area contributed by atoms with Crippen molar-refractivity contribution in [3.8, 4) is 11.5 Å². The molecule has 34 heavy (non-hydrogen) atoms. The highest BCUT2D eigenvalue weighted by Gasteiger charge is 2.11. The monoisotopic (exact) mass is 481 g/mol. The van der Waals surface area contributed by atoms with Crippen LogP contribution in [0.5, 0.6) is 11.5 Å². The van der Waals surface area contributed by atoms with Gasteiger partial charge in [-0.25, -0.2) is 9.59 Å². The number of rotatable bonds is 8. The van der Waals surface area contributed by atoms with Gasteiger partial charge in [-0.05, 0) is 53.6 Å². The van der Waals surface area contributed by atoms with Crippen LogP contribution in [-0.2, 0) is 27.2 Å². The molecule has 176 valence electrons. The Bertz CT molecular complexity index is 1440. The van der Waals surface area contributed by atoms with E-state index in [0.717, 1.165) is 22.2 Å². The second-order valence-corrected chi connectivity index (χ2v) is 8.26. The van der Waals surface area contributed by atoms with Crippen LogP contribution in [0.15, 0.2) is 59.4 Å². The molecule has 1 heterocycles. The van der Waals surface area contributed by atoms with E-state index >= 15 is 0 Å². The SMILES string of the molecule is COc1cc(CNc2ccc(C(=O)O)c(Cl)c2)ccc1OCc1ccc2c(c1)n(C)c(=O)n2C. The van der Waals surface area contributed by atoms with Crippen molar-refractivity contribution in [2.75, 3.05) is 12.4 Å². The van der Waals surface area contributed by atoms with E-state index in [1.807, 2.05) is 36.4 Å². The molecule has 0 atom stereocenters. The number of hydrogen-bond acceptors (Lipinski definition) is 5. The highest BCUT2D eigenvalue weighted by Crippen LogP contribution is 2.30. The highest BCUT2D eigenvalue weighted by molar-refractivity contribution is 6.33. The van der Waals surface area contributed by atoms with Gasteiger partial charge in [0.05, 0.1) is 28.7 Å². The van der Waals surface area contributed by atoms with Crippen LogP contribution in [0.1, 0.15) is 21.5 Å². The lowest BCUT2D eigenvalue weighted by molar-refractivity contribution is 0.0697. The summed E-state index contributed by atoms with van der Waals surface area (Å²) >= 11 is 6.03. The summed E-state index contributed by atoms with van der Waals surface area (Å²) in [7, 11) is 5.08. The molecule has 8 nitrogen and oxygen atoms in total. The third-order valence-electron chi connectivity index (χ3n) is 5.65. The van der Waals surface area contributed by atoms with Gasteiger partial charge < -0.3 is 19.9 Å². The average molecular weight is 482 g/mol. The maximum atomic E-state index is 12.1. The topological polar surface area (TPSA) is 94.7 Å². The summed E-state index contributed by atoms with van der Waals surface area (Å²) < 4.78 is 14.7. The first-order valence-corrected chi connectivity index (χ1v) is 10.9. The van der Waals surface area contributed by atoms with Crippen LogP contribution in [0.3, 0.4) is 0 Å². The molecule has 0 saturated carbocycles. The minimum atomic E-state index is -1.07. The fourth-order valence-corrected chi connectivity index (χ4v) is 4.01. The van der Waals surface area contributed by atoms with Gasteiger partial charge in [0.15, 0.2) is 11.5 Å².